The van der Waals surface area contributed by atoms with E-state index in [1.807, 2.05) is 20.8 Å². The van der Waals surface area contributed by atoms with Crippen LogP contribution in [0.25, 0.3) is 0 Å². The van der Waals surface area contributed by atoms with Gasteiger partial charge < -0.3 is 10.2 Å². The van der Waals surface area contributed by atoms with Gasteiger partial charge in [-0.25, -0.2) is 0 Å². The third kappa shape index (κ3) is 5.08. The summed E-state index contributed by atoms with van der Waals surface area (Å²) in [7, 11) is 0. The molecule has 0 saturated carbocycles. The van der Waals surface area contributed by atoms with Gasteiger partial charge in [0.1, 0.15) is 6.10 Å². The molecule has 2 atom stereocenters. The lowest BCUT2D eigenvalue weighted by molar-refractivity contribution is -0.139. The van der Waals surface area contributed by atoms with Crippen molar-refractivity contribution >= 4 is 5.78 Å². The number of carbonyl (C=O) groups excluding carboxylic acids is 1. The highest BCUT2D eigenvalue weighted by molar-refractivity contribution is 5.87. The minimum Gasteiger partial charge on any atom is -0.396 e. The highest BCUT2D eigenvalue weighted by Crippen LogP contribution is 2.29. The Hall–Kier alpha value is -0.410. The number of hydrogen-bond donors (Lipinski definition) is 2. The Morgan fingerprint density at radius 3 is 1.81 bits per heavy atom. The molecule has 0 amide bonds. The van der Waals surface area contributed by atoms with Crippen LogP contribution in [0.3, 0.4) is 0 Å². The second-order valence-corrected chi connectivity index (χ2v) is 6.77. The lowest BCUT2D eigenvalue weighted by Gasteiger charge is -2.30. The molecule has 96 valence electrons. The van der Waals surface area contributed by atoms with E-state index < -0.39 is 11.5 Å². The van der Waals surface area contributed by atoms with Gasteiger partial charge in [0.05, 0.1) is 0 Å². The molecule has 0 radical (unpaired) electrons. The van der Waals surface area contributed by atoms with Crippen LogP contribution in [0.2, 0.25) is 0 Å². The molecule has 16 heavy (non-hydrogen) atoms. The van der Waals surface area contributed by atoms with Gasteiger partial charge in [-0.05, 0) is 11.8 Å². The summed E-state index contributed by atoms with van der Waals surface area (Å²) in [6.45, 7) is 11.3. The maximum atomic E-state index is 11.9. The summed E-state index contributed by atoms with van der Waals surface area (Å²) >= 11 is 0. The molecule has 0 aliphatic rings. The number of hydrogen-bond acceptors (Lipinski definition) is 3. The van der Waals surface area contributed by atoms with E-state index in [9.17, 15) is 15.0 Å². The van der Waals surface area contributed by atoms with Gasteiger partial charge in [0.2, 0.25) is 0 Å². The maximum absolute atomic E-state index is 11.9. The number of carbonyl (C=O) groups is 1. The largest absolute Gasteiger partial charge is 0.396 e. The summed E-state index contributed by atoms with van der Waals surface area (Å²) in [6, 6.07) is 0. The van der Waals surface area contributed by atoms with Crippen LogP contribution in [0, 0.1) is 16.7 Å². The average Bonchev–Trinajstić information content (AvgIpc) is 2.08. The molecule has 0 aromatic rings. The van der Waals surface area contributed by atoms with E-state index in [0.29, 0.717) is 6.42 Å². The fraction of sp³-hybridized carbons (Fsp3) is 0.923. The fourth-order valence-corrected chi connectivity index (χ4v) is 1.72. The number of rotatable bonds is 4. The van der Waals surface area contributed by atoms with Crippen molar-refractivity contribution in [3.8, 4) is 0 Å². The Labute approximate surface area is 98.9 Å². The second-order valence-electron chi connectivity index (χ2n) is 6.77. The molecule has 0 aromatic heterocycles. The second kappa shape index (κ2) is 5.28. The Balaban J connectivity index is 4.67. The van der Waals surface area contributed by atoms with Crippen LogP contribution in [-0.2, 0) is 4.79 Å². The van der Waals surface area contributed by atoms with Gasteiger partial charge in [-0.2, -0.15) is 0 Å². The molecule has 0 fully saturated rings. The van der Waals surface area contributed by atoms with E-state index in [-0.39, 0.29) is 23.7 Å². The maximum Gasteiger partial charge on any atom is 0.166 e. The van der Waals surface area contributed by atoms with E-state index in [1.165, 1.54) is 0 Å². The van der Waals surface area contributed by atoms with Crippen LogP contribution >= 0.6 is 0 Å². The van der Waals surface area contributed by atoms with Gasteiger partial charge in [0.25, 0.3) is 0 Å². The first-order valence-electron chi connectivity index (χ1n) is 5.82. The topological polar surface area (TPSA) is 57.5 Å². The summed E-state index contributed by atoms with van der Waals surface area (Å²) in [5.74, 6) is -0.567. The van der Waals surface area contributed by atoms with Gasteiger partial charge in [0.15, 0.2) is 5.78 Å². The molecule has 2 N–H and O–H groups in total. The highest BCUT2D eigenvalue weighted by Gasteiger charge is 2.35. The van der Waals surface area contributed by atoms with Crippen molar-refractivity contribution in [3.63, 3.8) is 0 Å². The molecule has 3 heteroatoms. The monoisotopic (exact) mass is 230 g/mol. The number of aliphatic hydroxyl groups excluding tert-OH is 2. The van der Waals surface area contributed by atoms with Gasteiger partial charge in [-0.15, -0.1) is 0 Å². The average molecular weight is 230 g/mol. The van der Waals surface area contributed by atoms with E-state index >= 15 is 0 Å². The SMILES string of the molecule is CC(C)(C)C[C@H](CO)[C@H](O)C(=O)C(C)(C)C. The molecule has 0 aromatic carbocycles. The summed E-state index contributed by atoms with van der Waals surface area (Å²) in [5.41, 5.74) is -0.572. The minimum absolute atomic E-state index is 0.00740. The van der Waals surface area contributed by atoms with Crippen LogP contribution < -0.4 is 0 Å². The molecule has 0 heterocycles. The first-order chi connectivity index (χ1) is 6.99. The van der Waals surface area contributed by atoms with Crippen molar-refractivity contribution in [2.24, 2.45) is 16.7 Å². The van der Waals surface area contributed by atoms with Crippen molar-refractivity contribution in [3.05, 3.63) is 0 Å². The first-order valence-corrected chi connectivity index (χ1v) is 5.82. The van der Waals surface area contributed by atoms with Crippen molar-refractivity contribution in [2.45, 2.75) is 54.1 Å². The van der Waals surface area contributed by atoms with Crippen molar-refractivity contribution in [2.75, 3.05) is 6.61 Å². The molecule has 0 saturated heterocycles. The number of ketones is 1. The van der Waals surface area contributed by atoms with Crippen LogP contribution in [0.1, 0.15) is 48.0 Å². The fourth-order valence-electron chi connectivity index (χ4n) is 1.72. The van der Waals surface area contributed by atoms with E-state index in [0.717, 1.165) is 0 Å². The van der Waals surface area contributed by atoms with E-state index in [4.69, 9.17) is 0 Å². The van der Waals surface area contributed by atoms with Gasteiger partial charge in [-0.1, -0.05) is 41.5 Å². The van der Waals surface area contributed by atoms with Crippen LogP contribution in [-0.4, -0.2) is 28.7 Å². The Kier molecular flexibility index (Phi) is 5.15. The summed E-state index contributed by atoms with van der Waals surface area (Å²) < 4.78 is 0. The van der Waals surface area contributed by atoms with Gasteiger partial charge >= 0.3 is 0 Å². The summed E-state index contributed by atoms with van der Waals surface area (Å²) in [5, 5.41) is 19.2. The number of aliphatic hydroxyl groups is 2. The zero-order valence-corrected chi connectivity index (χ0v) is 11.4. The predicted octanol–water partition coefficient (Wildman–Crippen LogP) is 2.01. The smallest absolute Gasteiger partial charge is 0.166 e. The van der Waals surface area contributed by atoms with E-state index in [2.05, 4.69) is 0 Å². The third-order valence-electron chi connectivity index (χ3n) is 2.56. The van der Waals surface area contributed by atoms with Crippen LogP contribution in [0.15, 0.2) is 0 Å². The third-order valence-corrected chi connectivity index (χ3v) is 2.56. The lowest BCUT2D eigenvalue weighted by Crippen LogP contribution is -2.40. The highest BCUT2D eigenvalue weighted by atomic mass is 16.3. The quantitative estimate of drug-likeness (QED) is 0.776. The molecule has 3 nitrogen and oxygen atoms in total. The van der Waals surface area contributed by atoms with Gasteiger partial charge in [-0.3, -0.25) is 4.79 Å². The Morgan fingerprint density at radius 2 is 1.56 bits per heavy atom. The molecule has 0 aliphatic carbocycles. The van der Waals surface area contributed by atoms with Crippen molar-refractivity contribution in [1.29, 1.82) is 0 Å². The standard InChI is InChI=1S/C13H26O3/c1-12(2,3)7-9(8-14)10(15)11(16)13(4,5)6/h9-10,14-15H,7-8H2,1-6H3/t9-,10+/m1/s1. The molecule has 0 spiro atoms. The lowest BCUT2D eigenvalue weighted by atomic mass is 9.77. The zero-order valence-electron chi connectivity index (χ0n) is 11.4. The van der Waals surface area contributed by atoms with Gasteiger partial charge in [0, 0.05) is 17.9 Å². The summed E-state index contributed by atoms with van der Waals surface area (Å²) in [4.78, 5) is 11.9. The molecule has 0 rings (SSSR count). The minimum atomic E-state index is -1.07. The molecular weight excluding hydrogens is 204 g/mol. The predicted molar refractivity (Wildman–Crippen MR) is 65.1 cm³/mol. The number of Topliss-reactive ketones (excluding diaryl/α,β-unsaturated/α-hetero) is 1. The molecule has 0 bridgehead atoms. The summed E-state index contributed by atoms with van der Waals surface area (Å²) in [6.07, 6.45) is -0.434. The Morgan fingerprint density at radius 1 is 1.12 bits per heavy atom. The molecular formula is C13H26O3. The molecule has 0 aliphatic heterocycles. The van der Waals surface area contributed by atoms with Crippen molar-refractivity contribution < 1.29 is 15.0 Å². The zero-order chi connectivity index (χ0) is 13.1. The first kappa shape index (κ1) is 15.6. The van der Waals surface area contributed by atoms with Crippen LogP contribution in [0.5, 0.6) is 0 Å². The van der Waals surface area contributed by atoms with E-state index in [1.54, 1.807) is 20.8 Å². The van der Waals surface area contributed by atoms with Crippen LogP contribution in [0.4, 0.5) is 0 Å². The molecule has 0 unspecified atom stereocenters. The van der Waals surface area contributed by atoms with Crippen molar-refractivity contribution in [1.82, 2.24) is 0 Å². The normalized spacial score (nSPS) is 17.0. The Bertz CT molecular complexity index is 233.